The van der Waals surface area contributed by atoms with Crippen LogP contribution in [0.5, 0.6) is 0 Å². The molecule has 33 nitrogen and oxygen atoms in total. The number of ether oxygens (including phenoxy) is 3. The number of amides is 2. The van der Waals surface area contributed by atoms with Crippen LogP contribution in [0, 0.1) is 20.2 Å². The molecule has 0 unspecified atom stereocenters. The number of nitro groups is 2. The number of nitrogen functional groups attached to an aromatic ring is 1. The van der Waals surface area contributed by atoms with Crippen LogP contribution in [0.2, 0.25) is 0 Å². The quantitative estimate of drug-likeness (QED) is 0.0209. The second kappa shape index (κ2) is 41.9. The Labute approximate surface area is 672 Å². The zero-order valence-electron chi connectivity index (χ0n) is 62.9. The highest BCUT2D eigenvalue weighted by Crippen LogP contribution is 2.31. The minimum Gasteiger partial charge on any atom is -0.466 e. The summed E-state index contributed by atoms with van der Waals surface area (Å²) in [5.41, 5.74) is 20.7. The molecule has 0 saturated carbocycles. The molecule has 0 fully saturated rings. The lowest BCUT2D eigenvalue weighted by Gasteiger charge is -2.10. The van der Waals surface area contributed by atoms with E-state index in [1.165, 1.54) is 37.4 Å². The number of hydrogen-bond donors (Lipinski definition) is 5. The number of rotatable bonds is 15. The number of benzene rings is 5. The molecule has 0 spiro atoms. The fraction of sp³-hybridized carbons (Fsp3) is 0.207. The molecule has 17 rings (SSSR count). The Balaban J connectivity index is 0.000000159. The normalized spacial score (nSPS) is 11.4. The molecule has 2 amide bonds. The highest BCUT2D eigenvalue weighted by molar-refractivity contribution is 9.10. The summed E-state index contributed by atoms with van der Waals surface area (Å²) in [6, 6.07) is 34.3. The number of aliphatic hydroxyl groups is 2. The number of nitrogens with two attached hydrogens (primary N) is 1. The van der Waals surface area contributed by atoms with Crippen LogP contribution in [0.3, 0.4) is 0 Å². The number of esters is 3. The van der Waals surface area contributed by atoms with E-state index in [0.717, 1.165) is 101 Å². The van der Waals surface area contributed by atoms with Gasteiger partial charge < -0.3 is 59.1 Å². The van der Waals surface area contributed by atoms with Crippen LogP contribution >= 0.6 is 15.9 Å². The van der Waals surface area contributed by atoms with Crippen molar-refractivity contribution < 1.29 is 58.2 Å². The monoisotopic (exact) mass is 1640 g/mol. The van der Waals surface area contributed by atoms with Crippen LogP contribution in [0.15, 0.2) is 213 Å². The van der Waals surface area contributed by atoms with Crippen molar-refractivity contribution in [2.24, 2.45) is 0 Å². The maximum absolute atomic E-state index is 11.7. The fourth-order valence-corrected chi connectivity index (χ4v) is 12.4. The number of nitrogens with one attached hydrogen (secondary N) is 2. The molecule has 6 N–H and O–H groups in total. The molecule has 596 valence electrons. The van der Waals surface area contributed by atoms with Gasteiger partial charge in [-0.1, -0.05) is 35.5 Å². The maximum atomic E-state index is 11.7. The zero-order chi connectivity index (χ0) is 81.9. The van der Waals surface area contributed by atoms with Crippen molar-refractivity contribution in [3.05, 3.63) is 273 Å². The van der Waals surface area contributed by atoms with Gasteiger partial charge in [0.1, 0.15) is 54.2 Å². The summed E-state index contributed by atoms with van der Waals surface area (Å²) in [6.07, 6.45) is 30.0. The van der Waals surface area contributed by atoms with Gasteiger partial charge >= 0.3 is 17.9 Å². The van der Waals surface area contributed by atoms with E-state index in [0.29, 0.717) is 52.1 Å². The summed E-state index contributed by atoms with van der Waals surface area (Å²) >= 11 is 3.20. The summed E-state index contributed by atoms with van der Waals surface area (Å²) < 4.78 is 23.0. The van der Waals surface area contributed by atoms with E-state index in [1.54, 1.807) is 107 Å². The first-order chi connectivity index (χ1) is 55.7. The van der Waals surface area contributed by atoms with E-state index < -0.39 is 21.8 Å². The second-order valence-corrected chi connectivity index (χ2v) is 25.6. The molecule has 34 heteroatoms. The molecule has 3 aliphatic rings. The second-order valence-electron chi connectivity index (χ2n) is 24.7. The van der Waals surface area contributed by atoms with Crippen molar-refractivity contribution >= 4 is 124 Å². The van der Waals surface area contributed by atoms with Gasteiger partial charge in [-0.3, -0.25) is 44.2 Å². The summed E-state index contributed by atoms with van der Waals surface area (Å²) in [7, 11) is 0. The topological polar surface area (TPSA) is 438 Å². The zero-order valence-corrected chi connectivity index (χ0v) is 64.5. The van der Waals surface area contributed by atoms with E-state index in [9.17, 15) is 44.2 Å². The molecular formula is C82H82BrN19O14. The summed E-state index contributed by atoms with van der Waals surface area (Å²) in [4.78, 5) is 119. The number of allylic oxidation sites excluding steroid dienone is 1. The predicted octanol–water partition coefficient (Wildman–Crippen LogP) is 12.5. The largest absolute Gasteiger partial charge is 0.466 e. The van der Waals surface area contributed by atoms with Gasteiger partial charge in [0.2, 0.25) is 11.8 Å². The van der Waals surface area contributed by atoms with Crippen LogP contribution in [-0.4, -0.2) is 151 Å². The Kier molecular flexibility index (Phi) is 30.9. The number of aromatic nitrogens is 14. The van der Waals surface area contributed by atoms with Crippen molar-refractivity contribution in [1.82, 2.24) is 68.1 Å². The van der Waals surface area contributed by atoms with Crippen LogP contribution in [0.25, 0.3) is 73.0 Å². The Morgan fingerprint density at radius 3 is 1.22 bits per heavy atom. The average Bonchev–Trinajstić information content (AvgIpc) is 1.62. The van der Waals surface area contributed by atoms with E-state index in [1.807, 2.05) is 111 Å². The number of carbonyl (C=O) groups is 5. The molecule has 0 saturated heterocycles. The van der Waals surface area contributed by atoms with Crippen LogP contribution in [0.4, 0.5) is 28.4 Å². The lowest BCUT2D eigenvalue weighted by Crippen LogP contribution is -2.10. The molecule has 0 radical (unpaired) electrons. The molecule has 0 atom stereocenters. The third-order valence-electron chi connectivity index (χ3n) is 16.9. The van der Waals surface area contributed by atoms with E-state index in [-0.39, 0.29) is 82.3 Å². The standard InChI is InChI=1S/C16H14N4O4.C16H16N4O2.2C14H10N4O.C10H10BrNO4.C7H6N2.2C2H6O.CH4/c1-2-24-15(21)8-12-7-13(3-4-14(12)20(22)23)19-6-5-11-9-17-10-18-16(11)19;1-2-22-15(21)8-12-7-13(3-4-14(12)17)20-6-5-11-9-18-10-19-16(11)20;2*19-13-6-10-5-11(1-2-12(10)17-13)18-4-3-9-7-15-8-16-14(9)18;1-2-16-10(13)6-7-5-8(11)3-4-9(7)12(14)15;1-2-6-4-8-5-9-7(6)3-1;2*1-2-3;/h3-7,9-10H,2,8H2,1H3;3-7,9-10H,2,8,17H2,1H3;2*1-5,7-8H,6H2,(H,17,19);3-5H,2,6H2,1H3;1-2,4-5H,3H2;2*3H,2H2,1H3;1H4. The van der Waals surface area contributed by atoms with Crippen LogP contribution in [0.1, 0.15) is 81.1 Å². The van der Waals surface area contributed by atoms with Crippen LogP contribution in [-0.2, 0) is 76.7 Å². The molecule has 2 aliphatic heterocycles. The van der Waals surface area contributed by atoms with Gasteiger partial charge in [0.05, 0.1) is 67.5 Å². The third kappa shape index (κ3) is 22.3. The molecule has 11 heterocycles. The van der Waals surface area contributed by atoms with Gasteiger partial charge in [0, 0.05) is 170 Å². The van der Waals surface area contributed by atoms with Crippen molar-refractivity contribution in [2.75, 3.05) is 49.4 Å². The van der Waals surface area contributed by atoms with E-state index >= 15 is 0 Å². The molecule has 1 aliphatic carbocycles. The van der Waals surface area contributed by atoms with Gasteiger partial charge in [0.15, 0.2) is 0 Å². The van der Waals surface area contributed by atoms with Crippen molar-refractivity contribution in [1.29, 1.82) is 0 Å². The Bertz CT molecular complexity index is 5710. The number of nitro benzene ring substituents is 2. The average molecular weight is 1640 g/mol. The van der Waals surface area contributed by atoms with Gasteiger partial charge in [-0.25, -0.2) is 49.8 Å². The van der Waals surface area contributed by atoms with Crippen molar-refractivity contribution in [3.63, 3.8) is 0 Å². The van der Waals surface area contributed by atoms with Crippen molar-refractivity contribution in [3.8, 4) is 22.7 Å². The van der Waals surface area contributed by atoms with E-state index in [2.05, 4.69) is 88.6 Å². The Morgan fingerprint density at radius 1 is 0.483 bits per heavy atom. The first-order valence-corrected chi connectivity index (χ1v) is 36.7. The molecule has 14 aromatic rings. The smallest absolute Gasteiger partial charge is 0.310 e. The van der Waals surface area contributed by atoms with Crippen LogP contribution < -0.4 is 16.4 Å². The van der Waals surface area contributed by atoms with Gasteiger partial charge in [-0.2, -0.15) is 0 Å². The minimum atomic E-state index is -0.513. The number of nitrogens with zero attached hydrogens (tertiary/aromatic N) is 16. The maximum Gasteiger partial charge on any atom is 0.310 e. The fourth-order valence-electron chi connectivity index (χ4n) is 12.0. The number of halogens is 1. The molecule has 5 aromatic carbocycles. The Hall–Kier alpha value is -14.3. The SMILES string of the molecule is C.C1=Cc2cncnc2C1.CCO.CCO.CCOC(=O)Cc1cc(-n2ccc3cncnc32)ccc1N.CCOC(=O)Cc1cc(-n2ccc3cncnc32)ccc1[N+](=O)[O-].CCOC(=O)Cc1cc(Br)ccc1[N+](=O)[O-].O=C1Cc2cc(-n3ccc4cncnc43)ccc2N1.O=C1Cc2cc(-n3ccc4cncnc43)ccc2N1. The number of aliphatic hydroxyl groups excluding tert-OH is 2. The summed E-state index contributed by atoms with van der Waals surface area (Å²) in [5, 5.41) is 46.5. The first kappa shape index (κ1) is 85.7. The van der Waals surface area contributed by atoms with Gasteiger partial charge in [0.25, 0.3) is 11.4 Å². The molecule has 0 bridgehead atoms. The number of hydrogen-bond acceptors (Lipinski definition) is 25. The lowest BCUT2D eigenvalue weighted by atomic mass is 10.1. The number of fused-ring (bicyclic) bond motifs is 7. The highest BCUT2D eigenvalue weighted by atomic mass is 79.9. The van der Waals surface area contributed by atoms with Gasteiger partial charge in [-0.05, 0) is 154 Å². The highest BCUT2D eigenvalue weighted by Gasteiger charge is 2.23. The number of carbonyl (C=O) groups excluding carboxylic acids is 5. The summed E-state index contributed by atoms with van der Waals surface area (Å²) in [5.74, 6) is -1.16. The lowest BCUT2D eigenvalue weighted by molar-refractivity contribution is -0.385. The van der Waals surface area contributed by atoms with E-state index in [4.69, 9.17) is 30.2 Å². The molecular weight excluding hydrogens is 1550 g/mol. The third-order valence-corrected chi connectivity index (χ3v) is 17.4. The molecule has 116 heavy (non-hydrogen) atoms. The van der Waals surface area contributed by atoms with Gasteiger partial charge in [-0.15, -0.1) is 0 Å². The summed E-state index contributed by atoms with van der Waals surface area (Å²) in [6.45, 7) is 9.87. The minimum absolute atomic E-state index is 0. The first-order valence-electron chi connectivity index (χ1n) is 35.9. The molecule has 9 aromatic heterocycles. The Morgan fingerprint density at radius 2 is 0.828 bits per heavy atom. The predicted molar refractivity (Wildman–Crippen MR) is 440 cm³/mol. The van der Waals surface area contributed by atoms with Crippen molar-refractivity contribution in [2.45, 2.75) is 80.6 Å². The number of anilines is 3.